The highest BCUT2D eigenvalue weighted by atomic mass is 16.5. The number of H-pyrrole nitrogens is 1. The van der Waals surface area contributed by atoms with Crippen LogP contribution in [0.5, 0.6) is 5.75 Å². The second kappa shape index (κ2) is 7.88. The van der Waals surface area contributed by atoms with Crippen molar-refractivity contribution in [2.75, 3.05) is 11.9 Å². The third-order valence-electron chi connectivity index (χ3n) is 3.44. The van der Waals surface area contributed by atoms with Crippen LogP contribution in [-0.2, 0) is 11.2 Å². The normalized spacial score (nSPS) is 10.3. The van der Waals surface area contributed by atoms with Crippen LogP contribution in [0, 0.1) is 0 Å². The van der Waals surface area contributed by atoms with Gasteiger partial charge in [0.15, 0.2) is 12.4 Å². The first kappa shape index (κ1) is 17.1. The minimum absolute atomic E-state index is 0.0981. The van der Waals surface area contributed by atoms with Crippen LogP contribution in [0.4, 0.5) is 5.69 Å². The van der Waals surface area contributed by atoms with Gasteiger partial charge in [0.1, 0.15) is 5.75 Å². The number of carbonyl (C=O) groups is 2. The average Bonchev–Trinajstić information content (AvgIpc) is 3.14. The molecule has 0 saturated heterocycles. The minimum Gasteiger partial charge on any atom is -0.484 e. The Morgan fingerprint density at radius 2 is 1.96 bits per heavy atom. The van der Waals surface area contributed by atoms with Crippen LogP contribution in [0.3, 0.4) is 0 Å². The van der Waals surface area contributed by atoms with Gasteiger partial charge in [0, 0.05) is 12.1 Å². The van der Waals surface area contributed by atoms with E-state index < -0.39 is 5.97 Å². The number of aromatic nitrogens is 4. The zero-order valence-electron chi connectivity index (χ0n) is 13.5. The highest BCUT2D eigenvalue weighted by Crippen LogP contribution is 2.14. The lowest BCUT2D eigenvalue weighted by atomic mass is 10.1. The number of amides is 1. The van der Waals surface area contributed by atoms with Gasteiger partial charge in [-0.15, -0.1) is 10.2 Å². The third kappa shape index (κ3) is 4.63. The van der Waals surface area contributed by atoms with Gasteiger partial charge in [-0.25, -0.2) is 4.79 Å². The van der Waals surface area contributed by atoms with E-state index in [4.69, 9.17) is 9.84 Å². The summed E-state index contributed by atoms with van der Waals surface area (Å²) in [6.45, 7) is -0.193. The molecule has 9 nitrogen and oxygen atoms in total. The van der Waals surface area contributed by atoms with Crippen molar-refractivity contribution in [3.8, 4) is 5.75 Å². The fourth-order valence-electron chi connectivity index (χ4n) is 2.22. The maximum Gasteiger partial charge on any atom is 0.335 e. The lowest BCUT2D eigenvalue weighted by molar-refractivity contribution is -0.118. The van der Waals surface area contributed by atoms with E-state index in [1.807, 2.05) is 12.1 Å². The van der Waals surface area contributed by atoms with Crippen LogP contribution in [0.2, 0.25) is 0 Å². The van der Waals surface area contributed by atoms with E-state index in [0.717, 1.165) is 5.56 Å². The zero-order chi connectivity index (χ0) is 18.4. The molecule has 2 aromatic carbocycles. The Labute approximate surface area is 148 Å². The molecule has 1 amide bonds. The number of ether oxygens (including phenoxy) is 1. The molecular formula is C17H15N5O4. The molecule has 3 N–H and O–H groups in total. The molecule has 3 aromatic rings. The number of carboxylic acids is 1. The maximum atomic E-state index is 11.9. The van der Waals surface area contributed by atoms with Crippen molar-refractivity contribution < 1.29 is 19.4 Å². The Balaban J connectivity index is 1.51. The van der Waals surface area contributed by atoms with Crippen molar-refractivity contribution in [1.82, 2.24) is 20.6 Å². The van der Waals surface area contributed by atoms with Gasteiger partial charge in [-0.3, -0.25) is 4.79 Å². The number of carbonyl (C=O) groups excluding carboxylic acids is 1. The molecule has 0 aliphatic rings. The smallest absolute Gasteiger partial charge is 0.335 e. The second-order valence-electron chi connectivity index (χ2n) is 5.37. The number of rotatable bonds is 7. The monoisotopic (exact) mass is 353 g/mol. The number of nitrogens with one attached hydrogen (secondary N) is 2. The average molecular weight is 353 g/mol. The summed E-state index contributed by atoms with van der Waals surface area (Å²) in [6.07, 6.45) is 0.539. The fourth-order valence-corrected chi connectivity index (χ4v) is 2.22. The molecule has 0 saturated carbocycles. The number of aromatic carboxylic acids is 1. The van der Waals surface area contributed by atoms with Crippen LogP contribution in [-0.4, -0.2) is 44.2 Å². The lowest BCUT2D eigenvalue weighted by Crippen LogP contribution is -2.20. The number of aromatic amines is 1. The van der Waals surface area contributed by atoms with Gasteiger partial charge >= 0.3 is 5.97 Å². The predicted molar refractivity (Wildman–Crippen MR) is 91.0 cm³/mol. The first-order valence-electron chi connectivity index (χ1n) is 7.67. The Bertz CT molecular complexity index is 894. The molecule has 0 spiro atoms. The lowest BCUT2D eigenvalue weighted by Gasteiger charge is -2.08. The molecule has 0 radical (unpaired) electrons. The Morgan fingerprint density at radius 3 is 2.65 bits per heavy atom. The molecule has 1 aromatic heterocycles. The molecule has 26 heavy (non-hydrogen) atoms. The van der Waals surface area contributed by atoms with Crippen molar-refractivity contribution in [3.63, 3.8) is 0 Å². The Morgan fingerprint density at radius 1 is 1.15 bits per heavy atom. The first-order chi connectivity index (χ1) is 12.6. The molecule has 0 unspecified atom stereocenters. The summed E-state index contributed by atoms with van der Waals surface area (Å²) in [6, 6.07) is 13.2. The Kier molecular flexibility index (Phi) is 5.18. The SMILES string of the molecule is O=C(COc1ccc(Cc2nn[nH]n2)cc1)Nc1cccc(C(=O)O)c1. The molecule has 1 heterocycles. The van der Waals surface area contributed by atoms with Crippen molar-refractivity contribution >= 4 is 17.6 Å². The highest BCUT2D eigenvalue weighted by molar-refractivity contribution is 5.94. The minimum atomic E-state index is -1.06. The number of hydrogen-bond donors (Lipinski definition) is 3. The summed E-state index contributed by atoms with van der Waals surface area (Å²) in [5.41, 5.74) is 1.48. The van der Waals surface area contributed by atoms with Crippen LogP contribution in [0.1, 0.15) is 21.7 Å². The second-order valence-corrected chi connectivity index (χ2v) is 5.37. The summed E-state index contributed by atoms with van der Waals surface area (Å²) in [7, 11) is 0. The number of tetrazole rings is 1. The standard InChI is InChI=1S/C17H15N5O4/c23-16(18-13-3-1-2-12(9-13)17(24)25)10-26-14-6-4-11(5-7-14)8-15-19-21-22-20-15/h1-7,9H,8,10H2,(H,18,23)(H,24,25)(H,19,20,21,22). The molecule has 0 fully saturated rings. The van der Waals surface area contributed by atoms with Gasteiger partial charge in [0.25, 0.3) is 5.91 Å². The van der Waals surface area contributed by atoms with Crippen molar-refractivity contribution in [2.24, 2.45) is 0 Å². The van der Waals surface area contributed by atoms with Gasteiger partial charge in [-0.05, 0) is 35.9 Å². The molecule has 3 rings (SSSR count). The van der Waals surface area contributed by atoms with Gasteiger partial charge < -0.3 is 15.2 Å². The van der Waals surface area contributed by atoms with E-state index in [0.29, 0.717) is 23.7 Å². The number of nitrogens with zero attached hydrogens (tertiary/aromatic N) is 3. The van der Waals surface area contributed by atoms with E-state index in [-0.39, 0.29) is 18.1 Å². The topological polar surface area (TPSA) is 130 Å². The molecule has 132 valence electrons. The molecular weight excluding hydrogens is 338 g/mol. The largest absolute Gasteiger partial charge is 0.484 e. The zero-order valence-corrected chi connectivity index (χ0v) is 13.5. The van der Waals surface area contributed by atoms with E-state index in [2.05, 4.69) is 25.9 Å². The summed E-state index contributed by atoms with van der Waals surface area (Å²) >= 11 is 0. The van der Waals surface area contributed by atoms with Gasteiger partial charge in [0.05, 0.1) is 5.56 Å². The van der Waals surface area contributed by atoms with E-state index >= 15 is 0 Å². The fraction of sp³-hybridized carbons (Fsp3) is 0.118. The Hall–Kier alpha value is -3.75. The van der Waals surface area contributed by atoms with Gasteiger partial charge in [0.2, 0.25) is 0 Å². The quantitative estimate of drug-likeness (QED) is 0.587. The van der Waals surface area contributed by atoms with Crippen LogP contribution in [0.15, 0.2) is 48.5 Å². The third-order valence-corrected chi connectivity index (χ3v) is 3.44. The van der Waals surface area contributed by atoms with Crippen molar-refractivity contribution in [2.45, 2.75) is 6.42 Å². The van der Waals surface area contributed by atoms with E-state index in [1.54, 1.807) is 24.3 Å². The summed E-state index contributed by atoms with van der Waals surface area (Å²) in [4.78, 5) is 22.9. The van der Waals surface area contributed by atoms with Gasteiger partial charge in [-0.2, -0.15) is 5.21 Å². The number of benzene rings is 2. The molecule has 0 aliphatic carbocycles. The predicted octanol–water partition coefficient (Wildman–Crippen LogP) is 1.51. The van der Waals surface area contributed by atoms with Crippen molar-refractivity contribution in [1.29, 1.82) is 0 Å². The molecule has 0 aliphatic heterocycles. The number of anilines is 1. The summed E-state index contributed by atoms with van der Waals surface area (Å²) < 4.78 is 5.43. The van der Waals surface area contributed by atoms with Crippen LogP contribution in [0.25, 0.3) is 0 Å². The molecule has 0 bridgehead atoms. The van der Waals surface area contributed by atoms with Gasteiger partial charge in [-0.1, -0.05) is 23.4 Å². The summed E-state index contributed by atoms with van der Waals surface area (Å²) in [5.74, 6) is -0.320. The van der Waals surface area contributed by atoms with Crippen molar-refractivity contribution in [3.05, 3.63) is 65.5 Å². The van der Waals surface area contributed by atoms with Crippen LogP contribution >= 0.6 is 0 Å². The van der Waals surface area contributed by atoms with E-state index in [9.17, 15) is 9.59 Å². The highest BCUT2D eigenvalue weighted by Gasteiger charge is 2.07. The summed E-state index contributed by atoms with van der Waals surface area (Å²) in [5, 5.41) is 25.2. The first-order valence-corrected chi connectivity index (χ1v) is 7.67. The number of hydrogen-bond acceptors (Lipinski definition) is 6. The van der Waals surface area contributed by atoms with E-state index in [1.165, 1.54) is 12.1 Å². The van der Waals surface area contributed by atoms with Crippen LogP contribution < -0.4 is 10.1 Å². The molecule has 0 atom stereocenters. The molecule has 9 heteroatoms. The maximum absolute atomic E-state index is 11.9. The number of carboxylic acid groups (broad SMARTS) is 1.